The van der Waals surface area contributed by atoms with Crippen molar-refractivity contribution >= 4 is 11.8 Å². The molecular weight excluding hydrogens is 240 g/mol. The molecule has 106 valence electrons. The molecule has 0 aromatic rings. The van der Waals surface area contributed by atoms with Gasteiger partial charge in [-0.3, -0.25) is 4.90 Å². The van der Waals surface area contributed by atoms with Crippen molar-refractivity contribution in [3.05, 3.63) is 0 Å². The van der Waals surface area contributed by atoms with Gasteiger partial charge in [-0.25, -0.2) is 0 Å². The van der Waals surface area contributed by atoms with Crippen LogP contribution in [0.4, 0.5) is 0 Å². The van der Waals surface area contributed by atoms with Crippen molar-refractivity contribution in [3.63, 3.8) is 0 Å². The molecule has 0 amide bonds. The molecule has 0 aromatic carbocycles. The van der Waals surface area contributed by atoms with Gasteiger partial charge in [-0.2, -0.15) is 11.8 Å². The Hall–Kier alpha value is 0.270. The molecule has 2 saturated heterocycles. The van der Waals surface area contributed by atoms with E-state index in [0.29, 0.717) is 0 Å². The Labute approximate surface area is 117 Å². The molecule has 2 aliphatic rings. The van der Waals surface area contributed by atoms with Gasteiger partial charge < -0.3 is 5.32 Å². The SMILES string of the molecule is CCCN(CC1CCCCN1)C1CCCSC1C. The molecule has 0 radical (unpaired) electrons. The van der Waals surface area contributed by atoms with E-state index in [1.165, 1.54) is 63.9 Å². The lowest BCUT2D eigenvalue weighted by atomic mass is 10.0. The zero-order valence-electron chi connectivity index (χ0n) is 12.2. The molecule has 3 unspecified atom stereocenters. The molecule has 0 aromatic heterocycles. The fourth-order valence-corrected chi connectivity index (χ4v) is 4.67. The molecule has 2 fully saturated rings. The maximum Gasteiger partial charge on any atom is 0.0212 e. The van der Waals surface area contributed by atoms with Crippen molar-refractivity contribution in [1.29, 1.82) is 0 Å². The van der Waals surface area contributed by atoms with Gasteiger partial charge in [-0.15, -0.1) is 0 Å². The maximum absolute atomic E-state index is 3.71. The van der Waals surface area contributed by atoms with Crippen LogP contribution < -0.4 is 5.32 Å². The lowest BCUT2D eigenvalue weighted by Crippen LogP contribution is -2.50. The quantitative estimate of drug-likeness (QED) is 0.826. The van der Waals surface area contributed by atoms with Gasteiger partial charge in [0.1, 0.15) is 0 Å². The fourth-order valence-electron chi connectivity index (χ4n) is 3.43. The average Bonchev–Trinajstić information content (AvgIpc) is 2.40. The number of nitrogens with zero attached hydrogens (tertiary/aromatic N) is 1. The smallest absolute Gasteiger partial charge is 0.0212 e. The Morgan fingerprint density at radius 1 is 1.22 bits per heavy atom. The third-order valence-electron chi connectivity index (χ3n) is 4.41. The summed E-state index contributed by atoms with van der Waals surface area (Å²) in [6, 6.07) is 1.58. The third-order valence-corrected chi connectivity index (χ3v) is 5.78. The summed E-state index contributed by atoms with van der Waals surface area (Å²) < 4.78 is 0. The average molecular weight is 270 g/mol. The second-order valence-electron chi connectivity index (χ2n) is 5.93. The third kappa shape index (κ3) is 4.14. The van der Waals surface area contributed by atoms with Crippen LogP contribution in [0.1, 0.15) is 52.4 Å². The number of piperidine rings is 1. The second-order valence-corrected chi connectivity index (χ2v) is 7.41. The van der Waals surface area contributed by atoms with E-state index in [2.05, 4.69) is 35.8 Å². The van der Waals surface area contributed by atoms with Gasteiger partial charge in [0.15, 0.2) is 0 Å². The lowest BCUT2D eigenvalue weighted by Gasteiger charge is -2.40. The van der Waals surface area contributed by atoms with Crippen LogP contribution in [-0.4, -0.2) is 47.6 Å². The van der Waals surface area contributed by atoms with E-state index in [4.69, 9.17) is 0 Å². The molecule has 0 saturated carbocycles. The Bertz CT molecular complexity index is 229. The van der Waals surface area contributed by atoms with Crippen LogP contribution >= 0.6 is 11.8 Å². The number of hydrogen-bond acceptors (Lipinski definition) is 3. The molecule has 2 aliphatic heterocycles. The van der Waals surface area contributed by atoms with E-state index in [0.717, 1.165) is 17.3 Å². The monoisotopic (exact) mass is 270 g/mol. The predicted octanol–water partition coefficient (Wildman–Crippen LogP) is 3.12. The molecule has 3 atom stereocenters. The standard InChI is InChI=1S/C15H30N2S/c1-3-10-17(12-14-7-4-5-9-16-14)15-8-6-11-18-13(15)2/h13-16H,3-12H2,1-2H3. The molecule has 3 heteroatoms. The van der Waals surface area contributed by atoms with Crippen LogP contribution in [0.5, 0.6) is 0 Å². The molecule has 2 rings (SSSR count). The van der Waals surface area contributed by atoms with Crippen LogP contribution in [0.2, 0.25) is 0 Å². The van der Waals surface area contributed by atoms with Crippen molar-refractivity contribution in [2.75, 3.05) is 25.4 Å². The van der Waals surface area contributed by atoms with Crippen LogP contribution in [-0.2, 0) is 0 Å². The summed E-state index contributed by atoms with van der Waals surface area (Å²) in [5.41, 5.74) is 0. The van der Waals surface area contributed by atoms with E-state index in [1.807, 2.05) is 0 Å². The molecule has 18 heavy (non-hydrogen) atoms. The Kier molecular flexibility index (Phi) is 6.33. The minimum absolute atomic E-state index is 0.754. The van der Waals surface area contributed by atoms with Crippen LogP contribution in [0, 0.1) is 0 Å². The molecule has 2 nitrogen and oxygen atoms in total. The Balaban J connectivity index is 1.88. The normalized spacial score (nSPS) is 33.8. The van der Waals surface area contributed by atoms with Crippen LogP contribution in [0.25, 0.3) is 0 Å². The molecule has 0 aliphatic carbocycles. The molecule has 0 bridgehead atoms. The maximum atomic E-state index is 3.71. The number of thioether (sulfide) groups is 1. The minimum atomic E-state index is 0.754. The van der Waals surface area contributed by atoms with Gasteiger partial charge >= 0.3 is 0 Å². The van der Waals surface area contributed by atoms with E-state index in [1.54, 1.807) is 0 Å². The lowest BCUT2D eigenvalue weighted by molar-refractivity contribution is 0.154. The molecule has 1 N–H and O–H groups in total. The zero-order valence-corrected chi connectivity index (χ0v) is 13.0. The van der Waals surface area contributed by atoms with Crippen molar-refractivity contribution in [3.8, 4) is 0 Å². The predicted molar refractivity (Wildman–Crippen MR) is 82.4 cm³/mol. The van der Waals surface area contributed by atoms with Gasteiger partial charge in [0, 0.05) is 23.9 Å². The highest BCUT2D eigenvalue weighted by Crippen LogP contribution is 2.29. The second kappa shape index (κ2) is 7.76. The highest BCUT2D eigenvalue weighted by Gasteiger charge is 2.28. The first kappa shape index (κ1) is 14.7. The van der Waals surface area contributed by atoms with Gasteiger partial charge in [-0.05, 0) is 50.9 Å². The Morgan fingerprint density at radius 3 is 2.78 bits per heavy atom. The summed E-state index contributed by atoms with van der Waals surface area (Å²) in [6.45, 7) is 8.56. The molecular formula is C15H30N2S. The fraction of sp³-hybridized carbons (Fsp3) is 1.00. The summed E-state index contributed by atoms with van der Waals surface area (Å²) >= 11 is 2.18. The summed E-state index contributed by atoms with van der Waals surface area (Å²) in [6.07, 6.45) is 8.31. The minimum Gasteiger partial charge on any atom is -0.313 e. The first-order valence-electron chi connectivity index (χ1n) is 7.90. The van der Waals surface area contributed by atoms with E-state index in [-0.39, 0.29) is 0 Å². The first-order valence-corrected chi connectivity index (χ1v) is 8.95. The van der Waals surface area contributed by atoms with Crippen molar-refractivity contribution in [2.24, 2.45) is 0 Å². The van der Waals surface area contributed by atoms with Crippen molar-refractivity contribution < 1.29 is 0 Å². The highest BCUT2D eigenvalue weighted by molar-refractivity contribution is 7.99. The summed E-state index contributed by atoms with van der Waals surface area (Å²) in [7, 11) is 0. The van der Waals surface area contributed by atoms with E-state index >= 15 is 0 Å². The number of hydrogen-bond donors (Lipinski definition) is 1. The first-order chi connectivity index (χ1) is 8.81. The van der Waals surface area contributed by atoms with Crippen molar-refractivity contribution in [1.82, 2.24) is 10.2 Å². The van der Waals surface area contributed by atoms with Gasteiger partial charge in [-0.1, -0.05) is 20.3 Å². The van der Waals surface area contributed by atoms with Gasteiger partial charge in [0.2, 0.25) is 0 Å². The van der Waals surface area contributed by atoms with E-state index in [9.17, 15) is 0 Å². The van der Waals surface area contributed by atoms with Crippen LogP contribution in [0.3, 0.4) is 0 Å². The van der Waals surface area contributed by atoms with Crippen LogP contribution in [0.15, 0.2) is 0 Å². The van der Waals surface area contributed by atoms with E-state index < -0.39 is 0 Å². The molecule has 0 spiro atoms. The largest absolute Gasteiger partial charge is 0.313 e. The summed E-state index contributed by atoms with van der Waals surface area (Å²) in [5, 5.41) is 4.54. The number of nitrogens with one attached hydrogen (secondary N) is 1. The van der Waals surface area contributed by atoms with Gasteiger partial charge in [0.25, 0.3) is 0 Å². The summed E-state index contributed by atoms with van der Waals surface area (Å²) in [4.78, 5) is 2.79. The molecule has 2 heterocycles. The summed E-state index contributed by atoms with van der Waals surface area (Å²) in [5.74, 6) is 1.37. The van der Waals surface area contributed by atoms with Crippen molar-refractivity contribution in [2.45, 2.75) is 69.7 Å². The topological polar surface area (TPSA) is 15.3 Å². The van der Waals surface area contributed by atoms with Gasteiger partial charge in [0.05, 0.1) is 0 Å². The Morgan fingerprint density at radius 2 is 2.11 bits per heavy atom. The zero-order chi connectivity index (χ0) is 12.8. The highest BCUT2D eigenvalue weighted by atomic mass is 32.2. The number of rotatable bonds is 5.